The molecule has 3 aromatic rings. The molecule has 128 valence electrons. The second-order valence-electron chi connectivity index (χ2n) is 6.04. The molecule has 5 nitrogen and oxygen atoms in total. The summed E-state index contributed by atoms with van der Waals surface area (Å²) in [5.41, 5.74) is 1.56. The Morgan fingerprint density at radius 2 is 2.00 bits per heavy atom. The van der Waals surface area contributed by atoms with Gasteiger partial charge in [-0.3, -0.25) is 9.59 Å². The van der Waals surface area contributed by atoms with Crippen LogP contribution in [0.5, 0.6) is 0 Å². The number of thiophene rings is 1. The standard InChI is InChI=1S/C18H17N3O2S2/c19-21-17(23)15-12-8-4-5-9-14(12)25-16(15)20-18(21)24-10-13(22)11-6-2-1-3-7-11/h1-3,6-7H,4-5,8-10,19H2. The van der Waals surface area contributed by atoms with Gasteiger partial charge in [-0.05, 0) is 31.2 Å². The molecule has 0 bridgehead atoms. The SMILES string of the molecule is Nn1c(SCC(=O)c2ccccc2)nc2sc3c(c2c1=O)CCCC3. The van der Waals surface area contributed by atoms with Crippen LogP contribution in [0.25, 0.3) is 10.2 Å². The number of aromatic nitrogens is 2. The van der Waals surface area contributed by atoms with E-state index in [1.807, 2.05) is 18.2 Å². The Bertz CT molecular complexity index is 1010. The molecule has 4 rings (SSSR count). The lowest BCUT2D eigenvalue weighted by Gasteiger charge is -2.10. The van der Waals surface area contributed by atoms with Gasteiger partial charge < -0.3 is 5.84 Å². The van der Waals surface area contributed by atoms with Crippen LogP contribution in [-0.2, 0) is 12.8 Å². The molecule has 1 aromatic carbocycles. The van der Waals surface area contributed by atoms with Crippen molar-refractivity contribution in [3.05, 3.63) is 56.7 Å². The van der Waals surface area contributed by atoms with Gasteiger partial charge in [-0.2, -0.15) is 0 Å². The fourth-order valence-corrected chi connectivity index (χ4v) is 5.25. The Morgan fingerprint density at radius 1 is 1.24 bits per heavy atom. The number of aryl methyl sites for hydroxylation is 2. The van der Waals surface area contributed by atoms with E-state index in [0.29, 0.717) is 16.1 Å². The number of carbonyl (C=O) groups excluding carboxylic acids is 1. The summed E-state index contributed by atoms with van der Waals surface area (Å²) < 4.78 is 1.09. The number of Topliss-reactive ketones (excluding diaryl/α,β-unsaturated/α-hetero) is 1. The van der Waals surface area contributed by atoms with E-state index < -0.39 is 0 Å². The number of nitrogens with two attached hydrogens (primary N) is 1. The van der Waals surface area contributed by atoms with E-state index in [1.54, 1.807) is 23.5 Å². The number of carbonyl (C=O) groups is 1. The maximum atomic E-state index is 12.7. The molecule has 2 N–H and O–H groups in total. The average molecular weight is 371 g/mol. The van der Waals surface area contributed by atoms with E-state index >= 15 is 0 Å². The highest BCUT2D eigenvalue weighted by atomic mass is 32.2. The van der Waals surface area contributed by atoms with Crippen molar-refractivity contribution in [2.45, 2.75) is 30.8 Å². The van der Waals surface area contributed by atoms with E-state index in [-0.39, 0.29) is 17.1 Å². The van der Waals surface area contributed by atoms with Crippen molar-refractivity contribution in [3.63, 3.8) is 0 Å². The summed E-state index contributed by atoms with van der Waals surface area (Å²) in [4.78, 5) is 31.5. The maximum absolute atomic E-state index is 12.7. The third-order valence-electron chi connectivity index (χ3n) is 4.42. The van der Waals surface area contributed by atoms with Gasteiger partial charge in [0.25, 0.3) is 5.56 Å². The van der Waals surface area contributed by atoms with Crippen LogP contribution in [0.1, 0.15) is 33.6 Å². The van der Waals surface area contributed by atoms with Crippen molar-refractivity contribution in [1.82, 2.24) is 9.66 Å². The van der Waals surface area contributed by atoms with Crippen molar-refractivity contribution >= 4 is 39.1 Å². The van der Waals surface area contributed by atoms with Crippen molar-refractivity contribution in [2.24, 2.45) is 0 Å². The zero-order valence-corrected chi connectivity index (χ0v) is 15.2. The van der Waals surface area contributed by atoms with Crippen LogP contribution < -0.4 is 11.4 Å². The molecule has 0 saturated heterocycles. The first-order chi connectivity index (χ1) is 12.1. The van der Waals surface area contributed by atoms with Crippen LogP contribution in [0.4, 0.5) is 0 Å². The highest BCUT2D eigenvalue weighted by Crippen LogP contribution is 2.34. The fourth-order valence-electron chi connectivity index (χ4n) is 3.14. The smallest absolute Gasteiger partial charge is 0.281 e. The van der Waals surface area contributed by atoms with Crippen LogP contribution in [0.15, 0.2) is 40.3 Å². The Kier molecular flexibility index (Phi) is 4.35. The van der Waals surface area contributed by atoms with E-state index in [1.165, 1.54) is 16.6 Å². The van der Waals surface area contributed by atoms with Gasteiger partial charge >= 0.3 is 0 Å². The molecule has 0 atom stereocenters. The number of nitrogens with zero attached hydrogens (tertiary/aromatic N) is 2. The quantitative estimate of drug-likeness (QED) is 0.330. The van der Waals surface area contributed by atoms with Crippen molar-refractivity contribution in [2.75, 3.05) is 11.6 Å². The van der Waals surface area contributed by atoms with Crippen molar-refractivity contribution < 1.29 is 4.79 Å². The van der Waals surface area contributed by atoms with Crippen LogP contribution in [0.3, 0.4) is 0 Å². The van der Waals surface area contributed by atoms with Gasteiger partial charge in [-0.25, -0.2) is 9.66 Å². The van der Waals surface area contributed by atoms with Gasteiger partial charge in [0.15, 0.2) is 10.9 Å². The molecule has 0 amide bonds. The molecule has 25 heavy (non-hydrogen) atoms. The predicted molar refractivity (Wildman–Crippen MR) is 102 cm³/mol. The summed E-state index contributed by atoms with van der Waals surface area (Å²) in [6.45, 7) is 0. The zero-order chi connectivity index (χ0) is 17.4. The highest BCUT2D eigenvalue weighted by molar-refractivity contribution is 7.99. The van der Waals surface area contributed by atoms with Crippen LogP contribution in [0.2, 0.25) is 0 Å². The number of ketones is 1. The van der Waals surface area contributed by atoms with Gasteiger partial charge in [0, 0.05) is 10.4 Å². The summed E-state index contributed by atoms with van der Waals surface area (Å²) in [5.74, 6) is 6.17. The van der Waals surface area contributed by atoms with Crippen LogP contribution in [0, 0.1) is 0 Å². The largest absolute Gasteiger partial charge is 0.334 e. The maximum Gasteiger partial charge on any atom is 0.281 e. The third kappa shape index (κ3) is 2.98. The zero-order valence-electron chi connectivity index (χ0n) is 13.5. The molecule has 0 fully saturated rings. The van der Waals surface area contributed by atoms with Gasteiger partial charge in [0.05, 0.1) is 11.1 Å². The van der Waals surface area contributed by atoms with E-state index in [0.717, 1.165) is 40.8 Å². The second-order valence-corrected chi connectivity index (χ2v) is 8.06. The van der Waals surface area contributed by atoms with E-state index in [2.05, 4.69) is 4.98 Å². The molecule has 2 heterocycles. The lowest BCUT2D eigenvalue weighted by Crippen LogP contribution is -2.30. The van der Waals surface area contributed by atoms with E-state index in [4.69, 9.17) is 5.84 Å². The third-order valence-corrected chi connectivity index (χ3v) is 6.56. The summed E-state index contributed by atoms with van der Waals surface area (Å²) in [6.07, 6.45) is 4.19. The first kappa shape index (κ1) is 16.4. The number of thioether (sulfide) groups is 1. The van der Waals surface area contributed by atoms with Gasteiger partial charge in [0.1, 0.15) is 4.83 Å². The minimum Gasteiger partial charge on any atom is -0.334 e. The Hall–Kier alpha value is -2.12. The summed E-state index contributed by atoms with van der Waals surface area (Å²) >= 11 is 2.80. The second kappa shape index (κ2) is 6.65. The molecule has 1 aliphatic rings. The number of benzene rings is 1. The number of hydrogen-bond acceptors (Lipinski definition) is 6. The monoisotopic (exact) mass is 371 g/mol. The topological polar surface area (TPSA) is 78.0 Å². The van der Waals surface area contributed by atoms with Gasteiger partial charge in [-0.15, -0.1) is 11.3 Å². The lowest BCUT2D eigenvalue weighted by atomic mass is 9.97. The predicted octanol–water partition coefficient (Wildman–Crippen LogP) is 3.03. The van der Waals surface area contributed by atoms with Gasteiger partial charge in [-0.1, -0.05) is 42.1 Å². The van der Waals surface area contributed by atoms with Crippen molar-refractivity contribution in [1.29, 1.82) is 0 Å². The molecule has 0 saturated carbocycles. The van der Waals surface area contributed by atoms with Gasteiger partial charge in [0.2, 0.25) is 0 Å². The molecule has 2 aromatic heterocycles. The summed E-state index contributed by atoms with van der Waals surface area (Å²) in [5, 5.41) is 1.06. The minimum absolute atomic E-state index is 0.00887. The number of rotatable bonds is 4. The molecule has 0 unspecified atom stereocenters. The summed E-state index contributed by atoms with van der Waals surface area (Å²) in [6, 6.07) is 9.09. The molecule has 0 aliphatic heterocycles. The fraction of sp³-hybridized carbons (Fsp3) is 0.278. The Balaban J connectivity index is 1.65. The Morgan fingerprint density at radius 3 is 2.80 bits per heavy atom. The minimum atomic E-state index is -0.209. The number of nitrogen functional groups attached to an aromatic ring is 1. The number of fused-ring (bicyclic) bond motifs is 3. The molecule has 7 heteroatoms. The summed E-state index contributed by atoms with van der Waals surface area (Å²) in [7, 11) is 0. The van der Waals surface area contributed by atoms with Crippen LogP contribution >= 0.6 is 23.1 Å². The van der Waals surface area contributed by atoms with E-state index in [9.17, 15) is 9.59 Å². The number of hydrogen-bond donors (Lipinski definition) is 1. The molecule has 0 radical (unpaired) electrons. The molecular formula is C18H17N3O2S2. The molecule has 1 aliphatic carbocycles. The highest BCUT2D eigenvalue weighted by Gasteiger charge is 2.22. The lowest BCUT2D eigenvalue weighted by molar-refractivity contribution is 0.102. The van der Waals surface area contributed by atoms with Crippen molar-refractivity contribution in [3.8, 4) is 0 Å². The Labute approximate surface area is 152 Å². The van der Waals surface area contributed by atoms with Crippen LogP contribution in [-0.4, -0.2) is 21.2 Å². The average Bonchev–Trinajstić information content (AvgIpc) is 3.02. The normalized spacial score (nSPS) is 13.8. The first-order valence-corrected chi connectivity index (χ1v) is 9.99. The molecule has 0 spiro atoms. The molecular weight excluding hydrogens is 354 g/mol. The first-order valence-electron chi connectivity index (χ1n) is 8.18.